The fraction of sp³-hybridized carbons (Fsp3) is 0.889. The highest BCUT2D eigenvalue weighted by Crippen LogP contribution is 2.23. The summed E-state index contributed by atoms with van der Waals surface area (Å²) in [5, 5.41) is 0. The van der Waals surface area contributed by atoms with E-state index < -0.39 is 0 Å². The topological polar surface area (TPSA) is 3.24 Å². The maximum absolute atomic E-state index is 3.39. The zero-order chi connectivity index (χ0) is 14.3. The summed E-state index contributed by atoms with van der Waals surface area (Å²) >= 11 is 0. The number of hydrogen-bond acceptors (Lipinski definition) is 1. The van der Waals surface area contributed by atoms with Gasteiger partial charge in [-0.05, 0) is 51.6 Å². The van der Waals surface area contributed by atoms with Gasteiger partial charge in [-0.2, -0.15) is 0 Å². The minimum absolute atomic E-state index is 0.507. The van der Waals surface area contributed by atoms with Crippen molar-refractivity contribution in [2.75, 3.05) is 13.1 Å². The molecule has 0 aromatic heterocycles. The van der Waals surface area contributed by atoms with Gasteiger partial charge in [-0.1, -0.05) is 40.0 Å². The SMILES string of the molecule is CCC1CCN(C(C)CCC(C)C#CC(C)C)CC1. The van der Waals surface area contributed by atoms with E-state index in [-0.39, 0.29) is 0 Å². The molecule has 1 aliphatic heterocycles. The predicted molar refractivity (Wildman–Crippen MR) is 85.1 cm³/mol. The Morgan fingerprint density at radius 3 is 2.16 bits per heavy atom. The predicted octanol–water partition coefficient (Wildman–Crippen LogP) is 4.57. The van der Waals surface area contributed by atoms with E-state index in [0.29, 0.717) is 11.8 Å². The average molecular weight is 263 g/mol. The molecule has 2 unspecified atom stereocenters. The van der Waals surface area contributed by atoms with Crippen molar-refractivity contribution in [3.63, 3.8) is 0 Å². The normalized spacial score (nSPS) is 20.9. The molecule has 0 amide bonds. The summed E-state index contributed by atoms with van der Waals surface area (Å²) in [6, 6.07) is 0.737. The van der Waals surface area contributed by atoms with E-state index in [2.05, 4.69) is 51.4 Å². The minimum Gasteiger partial charge on any atom is -0.301 e. The van der Waals surface area contributed by atoms with Gasteiger partial charge in [0, 0.05) is 17.9 Å². The molecule has 2 atom stereocenters. The molecule has 1 heterocycles. The van der Waals surface area contributed by atoms with Gasteiger partial charge in [-0.15, -0.1) is 5.92 Å². The van der Waals surface area contributed by atoms with Crippen LogP contribution in [-0.4, -0.2) is 24.0 Å². The second-order valence-corrected chi connectivity index (χ2v) is 6.66. The Hall–Kier alpha value is -0.480. The van der Waals surface area contributed by atoms with Gasteiger partial charge in [0.2, 0.25) is 0 Å². The van der Waals surface area contributed by atoms with E-state index in [4.69, 9.17) is 0 Å². The molecular weight excluding hydrogens is 230 g/mol. The highest BCUT2D eigenvalue weighted by atomic mass is 15.2. The van der Waals surface area contributed by atoms with Crippen molar-refractivity contribution in [1.29, 1.82) is 0 Å². The van der Waals surface area contributed by atoms with E-state index in [0.717, 1.165) is 12.0 Å². The van der Waals surface area contributed by atoms with E-state index >= 15 is 0 Å². The number of piperidine rings is 1. The van der Waals surface area contributed by atoms with Gasteiger partial charge >= 0.3 is 0 Å². The largest absolute Gasteiger partial charge is 0.301 e. The maximum Gasteiger partial charge on any atom is 0.0175 e. The van der Waals surface area contributed by atoms with Crippen molar-refractivity contribution in [2.45, 2.75) is 72.8 Å². The van der Waals surface area contributed by atoms with E-state index in [1.54, 1.807) is 0 Å². The van der Waals surface area contributed by atoms with Crippen LogP contribution in [0.4, 0.5) is 0 Å². The Kier molecular flexibility index (Phi) is 7.54. The molecule has 1 nitrogen and oxygen atoms in total. The second kappa shape index (κ2) is 8.64. The molecule has 19 heavy (non-hydrogen) atoms. The van der Waals surface area contributed by atoms with Gasteiger partial charge in [0.05, 0.1) is 0 Å². The fourth-order valence-corrected chi connectivity index (χ4v) is 2.86. The van der Waals surface area contributed by atoms with Crippen molar-refractivity contribution in [1.82, 2.24) is 4.90 Å². The molecule has 0 N–H and O–H groups in total. The highest BCUT2D eigenvalue weighted by molar-refractivity contribution is 5.04. The standard InChI is InChI=1S/C18H33N/c1-6-18-11-13-19(14-12-18)17(5)10-9-16(4)8-7-15(2)3/h15-18H,6,9-14H2,1-5H3. The smallest absolute Gasteiger partial charge is 0.0175 e. The van der Waals surface area contributed by atoms with Crippen LogP contribution in [0.15, 0.2) is 0 Å². The third kappa shape index (κ3) is 6.48. The molecule has 0 radical (unpaired) electrons. The molecule has 1 heteroatoms. The monoisotopic (exact) mass is 263 g/mol. The first-order valence-corrected chi connectivity index (χ1v) is 8.28. The Morgan fingerprint density at radius 1 is 1.00 bits per heavy atom. The molecule has 0 bridgehead atoms. The molecule has 0 aromatic carbocycles. The molecule has 1 aliphatic rings. The van der Waals surface area contributed by atoms with Crippen LogP contribution in [-0.2, 0) is 0 Å². The molecule has 1 rings (SSSR count). The van der Waals surface area contributed by atoms with Crippen LogP contribution in [0, 0.1) is 29.6 Å². The van der Waals surface area contributed by atoms with Crippen LogP contribution < -0.4 is 0 Å². The van der Waals surface area contributed by atoms with E-state index in [1.807, 2.05) is 0 Å². The number of rotatable bonds is 5. The van der Waals surface area contributed by atoms with Crippen molar-refractivity contribution < 1.29 is 0 Å². The van der Waals surface area contributed by atoms with Crippen molar-refractivity contribution in [3.8, 4) is 11.8 Å². The summed E-state index contributed by atoms with van der Waals surface area (Å²) in [6.45, 7) is 14.0. The van der Waals surface area contributed by atoms with Gasteiger partial charge in [0.1, 0.15) is 0 Å². The molecule has 110 valence electrons. The molecule has 0 spiro atoms. The lowest BCUT2D eigenvalue weighted by Gasteiger charge is -2.36. The quantitative estimate of drug-likeness (QED) is 0.657. The zero-order valence-electron chi connectivity index (χ0n) is 13.7. The third-order valence-electron chi connectivity index (χ3n) is 4.49. The van der Waals surface area contributed by atoms with Crippen molar-refractivity contribution >= 4 is 0 Å². The molecule has 0 aliphatic carbocycles. The summed E-state index contributed by atoms with van der Waals surface area (Å²) in [5.41, 5.74) is 0. The van der Waals surface area contributed by atoms with Crippen LogP contribution in [0.25, 0.3) is 0 Å². The average Bonchev–Trinajstić information content (AvgIpc) is 2.42. The Balaban J connectivity index is 2.25. The van der Waals surface area contributed by atoms with Gasteiger partial charge < -0.3 is 4.90 Å². The van der Waals surface area contributed by atoms with Crippen LogP contribution in [0.1, 0.15) is 66.7 Å². The lowest BCUT2D eigenvalue weighted by Crippen LogP contribution is -2.40. The summed E-state index contributed by atoms with van der Waals surface area (Å²) in [7, 11) is 0. The first-order valence-electron chi connectivity index (χ1n) is 8.28. The van der Waals surface area contributed by atoms with Crippen LogP contribution >= 0.6 is 0 Å². The Labute approximate surface area is 121 Å². The molecule has 0 aromatic rings. The van der Waals surface area contributed by atoms with Crippen molar-refractivity contribution in [2.24, 2.45) is 17.8 Å². The molecule has 0 saturated carbocycles. The van der Waals surface area contributed by atoms with Gasteiger partial charge in [-0.3, -0.25) is 0 Å². The summed E-state index contributed by atoms with van der Waals surface area (Å²) in [5.74, 6) is 8.73. The lowest BCUT2D eigenvalue weighted by molar-refractivity contribution is 0.131. The number of nitrogens with zero attached hydrogens (tertiary/aromatic N) is 1. The molecule has 1 saturated heterocycles. The Bertz CT molecular complexity index is 289. The Morgan fingerprint density at radius 2 is 1.63 bits per heavy atom. The fourth-order valence-electron chi connectivity index (χ4n) is 2.86. The summed E-state index contributed by atoms with van der Waals surface area (Å²) in [6.07, 6.45) is 6.72. The highest BCUT2D eigenvalue weighted by Gasteiger charge is 2.21. The number of hydrogen-bond donors (Lipinski definition) is 0. The van der Waals surface area contributed by atoms with Crippen LogP contribution in [0.3, 0.4) is 0 Å². The summed E-state index contributed by atoms with van der Waals surface area (Å²) < 4.78 is 0. The molecular formula is C18H33N. The van der Waals surface area contributed by atoms with Crippen LogP contribution in [0.2, 0.25) is 0 Å². The molecule has 1 fully saturated rings. The van der Waals surface area contributed by atoms with E-state index in [9.17, 15) is 0 Å². The lowest BCUT2D eigenvalue weighted by atomic mass is 9.92. The van der Waals surface area contributed by atoms with E-state index in [1.165, 1.54) is 45.2 Å². The minimum atomic E-state index is 0.507. The number of likely N-dealkylation sites (tertiary alicyclic amines) is 1. The van der Waals surface area contributed by atoms with Crippen molar-refractivity contribution in [3.05, 3.63) is 0 Å². The first kappa shape index (κ1) is 16.6. The second-order valence-electron chi connectivity index (χ2n) is 6.66. The van der Waals surface area contributed by atoms with Crippen LogP contribution in [0.5, 0.6) is 0 Å². The van der Waals surface area contributed by atoms with Gasteiger partial charge in [0.25, 0.3) is 0 Å². The maximum atomic E-state index is 3.39. The third-order valence-corrected chi connectivity index (χ3v) is 4.49. The zero-order valence-corrected chi connectivity index (χ0v) is 13.7. The van der Waals surface area contributed by atoms with Gasteiger partial charge in [0.15, 0.2) is 0 Å². The first-order chi connectivity index (χ1) is 9.02. The summed E-state index contributed by atoms with van der Waals surface area (Å²) in [4.78, 5) is 2.69. The van der Waals surface area contributed by atoms with Gasteiger partial charge in [-0.25, -0.2) is 0 Å².